The van der Waals surface area contributed by atoms with E-state index in [1.807, 2.05) is 18.2 Å². The lowest BCUT2D eigenvalue weighted by Crippen LogP contribution is -2.17. The zero-order chi connectivity index (χ0) is 14.4. The Labute approximate surface area is 116 Å². The fourth-order valence-electron chi connectivity index (χ4n) is 1.93. The van der Waals surface area contributed by atoms with Crippen molar-refractivity contribution >= 4 is 0 Å². The van der Waals surface area contributed by atoms with Gasteiger partial charge in [-0.3, -0.25) is 0 Å². The van der Waals surface area contributed by atoms with Gasteiger partial charge in [0.2, 0.25) is 0 Å². The molecule has 2 aromatic rings. The van der Waals surface area contributed by atoms with Gasteiger partial charge < -0.3 is 5.32 Å². The van der Waals surface area contributed by atoms with Gasteiger partial charge in [0.05, 0.1) is 11.6 Å². The van der Waals surface area contributed by atoms with Gasteiger partial charge in [0.1, 0.15) is 11.6 Å². The lowest BCUT2D eigenvalue weighted by molar-refractivity contribution is 0.569. The van der Waals surface area contributed by atoms with E-state index < -0.39 is 11.6 Å². The number of nitrogens with zero attached hydrogens (tertiary/aromatic N) is 1. The standard InChI is InChI=1S/C16H14F2N2/c17-15-4-5-16(18)14(9-15)11-20-7-6-12-2-1-3-13(8-12)10-19/h1-5,8-9,20H,6-7,11H2. The quantitative estimate of drug-likeness (QED) is 0.849. The average molecular weight is 272 g/mol. The number of hydrogen-bond acceptors (Lipinski definition) is 2. The zero-order valence-corrected chi connectivity index (χ0v) is 10.9. The number of benzene rings is 2. The molecule has 2 nitrogen and oxygen atoms in total. The minimum atomic E-state index is -0.440. The van der Waals surface area contributed by atoms with Crippen LogP contribution >= 0.6 is 0 Å². The summed E-state index contributed by atoms with van der Waals surface area (Å²) in [5, 5.41) is 11.9. The predicted molar refractivity (Wildman–Crippen MR) is 72.9 cm³/mol. The van der Waals surface area contributed by atoms with E-state index in [4.69, 9.17) is 5.26 Å². The number of nitriles is 1. The minimum absolute atomic E-state index is 0.279. The highest BCUT2D eigenvalue weighted by Crippen LogP contribution is 2.09. The molecule has 0 aliphatic rings. The molecule has 0 atom stereocenters. The Bertz CT molecular complexity index is 633. The molecule has 20 heavy (non-hydrogen) atoms. The summed E-state index contributed by atoms with van der Waals surface area (Å²) in [5.74, 6) is -0.852. The third-order valence-corrected chi connectivity index (χ3v) is 2.97. The van der Waals surface area contributed by atoms with Crippen molar-refractivity contribution < 1.29 is 8.78 Å². The molecule has 0 unspecified atom stereocenters. The molecule has 0 bridgehead atoms. The Hall–Kier alpha value is -2.25. The van der Waals surface area contributed by atoms with Crippen molar-refractivity contribution in [2.75, 3.05) is 6.54 Å². The molecule has 102 valence electrons. The largest absolute Gasteiger partial charge is 0.312 e. The third-order valence-electron chi connectivity index (χ3n) is 2.97. The molecule has 0 radical (unpaired) electrons. The lowest BCUT2D eigenvalue weighted by atomic mass is 10.1. The topological polar surface area (TPSA) is 35.8 Å². The van der Waals surface area contributed by atoms with Crippen molar-refractivity contribution in [1.82, 2.24) is 5.32 Å². The molecule has 2 aromatic carbocycles. The van der Waals surface area contributed by atoms with E-state index in [0.29, 0.717) is 17.7 Å². The van der Waals surface area contributed by atoms with Crippen molar-refractivity contribution in [1.29, 1.82) is 5.26 Å². The van der Waals surface area contributed by atoms with Crippen LogP contribution in [0, 0.1) is 23.0 Å². The van der Waals surface area contributed by atoms with Gasteiger partial charge in [0.15, 0.2) is 0 Å². The fraction of sp³-hybridized carbons (Fsp3) is 0.188. The first-order chi connectivity index (χ1) is 9.69. The van der Waals surface area contributed by atoms with Crippen LogP contribution in [0.25, 0.3) is 0 Å². The molecule has 4 heteroatoms. The first kappa shape index (κ1) is 14.2. The number of hydrogen-bond donors (Lipinski definition) is 1. The number of nitrogens with one attached hydrogen (secondary N) is 1. The van der Waals surface area contributed by atoms with E-state index >= 15 is 0 Å². The van der Waals surface area contributed by atoms with E-state index in [-0.39, 0.29) is 6.54 Å². The first-order valence-corrected chi connectivity index (χ1v) is 6.33. The molecule has 0 saturated carbocycles. The van der Waals surface area contributed by atoms with Crippen LogP contribution in [0.15, 0.2) is 42.5 Å². The molecular weight excluding hydrogens is 258 g/mol. The summed E-state index contributed by atoms with van der Waals surface area (Å²) in [7, 11) is 0. The average Bonchev–Trinajstić information content (AvgIpc) is 2.47. The van der Waals surface area contributed by atoms with Crippen molar-refractivity contribution in [2.45, 2.75) is 13.0 Å². The maximum absolute atomic E-state index is 13.4. The van der Waals surface area contributed by atoms with Gasteiger partial charge >= 0.3 is 0 Å². The molecule has 1 N–H and O–H groups in total. The second-order valence-electron chi connectivity index (χ2n) is 4.47. The summed E-state index contributed by atoms with van der Waals surface area (Å²) in [6.07, 6.45) is 0.729. The highest BCUT2D eigenvalue weighted by Gasteiger charge is 2.03. The van der Waals surface area contributed by atoms with Crippen molar-refractivity contribution in [2.24, 2.45) is 0 Å². The van der Waals surface area contributed by atoms with Crippen LogP contribution in [0.4, 0.5) is 8.78 Å². The summed E-state index contributed by atoms with van der Waals surface area (Å²) >= 11 is 0. The highest BCUT2D eigenvalue weighted by atomic mass is 19.1. The van der Waals surface area contributed by atoms with Crippen molar-refractivity contribution in [3.63, 3.8) is 0 Å². The Morgan fingerprint density at radius 2 is 1.95 bits per heavy atom. The zero-order valence-electron chi connectivity index (χ0n) is 10.9. The van der Waals surface area contributed by atoms with Crippen molar-refractivity contribution in [3.8, 4) is 6.07 Å². The first-order valence-electron chi connectivity index (χ1n) is 6.33. The monoisotopic (exact) mass is 272 g/mol. The van der Waals surface area contributed by atoms with Gasteiger partial charge in [0.25, 0.3) is 0 Å². The van der Waals surface area contributed by atoms with Crippen LogP contribution in [0.3, 0.4) is 0 Å². The van der Waals surface area contributed by atoms with Gasteiger partial charge in [0, 0.05) is 12.1 Å². The SMILES string of the molecule is N#Cc1cccc(CCNCc2cc(F)ccc2F)c1. The van der Waals surface area contributed by atoms with Gasteiger partial charge in [-0.2, -0.15) is 5.26 Å². The fourth-order valence-corrected chi connectivity index (χ4v) is 1.93. The van der Waals surface area contributed by atoms with Gasteiger partial charge in [-0.25, -0.2) is 8.78 Å². The normalized spacial score (nSPS) is 10.2. The van der Waals surface area contributed by atoms with Gasteiger partial charge in [-0.1, -0.05) is 12.1 Å². The molecular formula is C16H14F2N2. The van der Waals surface area contributed by atoms with Gasteiger partial charge in [-0.05, 0) is 48.9 Å². The second kappa shape index (κ2) is 6.78. The molecule has 0 spiro atoms. The lowest BCUT2D eigenvalue weighted by Gasteiger charge is -2.06. The molecule has 0 aliphatic heterocycles. The second-order valence-corrected chi connectivity index (χ2v) is 4.47. The highest BCUT2D eigenvalue weighted by molar-refractivity contribution is 5.32. The molecule has 0 saturated heterocycles. The van der Waals surface area contributed by atoms with Crippen LogP contribution < -0.4 is 5.32 Å². The van der Waals surface area contributed by atoms with Crippen LogP contribution in [-0.4, -0.2) is 6.54 Å². The maximum Gasteiger partial charge on any atom is 0.127 e. The molecule has 0 heterocycles. The molecule has 0 fully saturated rings. The summed E-state index contributed by atoms with van der Waals surface area (Å²) in [6, 6.07) is 12.9. The smallest absolute Gasteiger partial charge is 0.127 e. The Balaban J connectivity index is 1.84. The molecule has 0 aliphatic carbocycles. The van der Waals surface area contributed by atoms with Gasteiger partial charge in [-0.15, -0.1) is 0 Å². The van der Waals surface area contributed by atoms with Crippen molar-refractivity contribution in [3.05, 3.63) is 70.8 Å². The molecule has 0 amide bonds. The van der Waals surface area contributed by atoms with E-state index in [0.717, 1.165) is 24.1 Å². The number of halogens is 2. The summed E-state index contributed by atoms with van der Waals surface area (Å²) in [4.78, 5) is 0. The van der Waals surface area contributed by atoms with E-state index in [9.17, 15) is 8.78 Å². The van der Waals surface area contributed by atoms with Crippen LogP contribution in [0.2, 0.25) is 0 Å². The summed E-state index contributed by atoms with van der Waals surface area (Å²) in [5.41, 5.74) is 1.98. The van der Waals surface area contributed by atoms with Crippen LogP contribution in [0.5, 0.6) is 0 Å². The Morgan fingerprint density at radius 1 is 1.10 bits per heavy atom. The third kappa shape index (κ3) is 3.87. The van der Waals surface area contributed by atoms with Crippen LogP contribution in [-0.2, 0) is 13.0 Å². The summed E-state index contributed by atoms with van der Waals surface area (Å²) in [6.45, 7) is 0.909. The predicted octanol–water partition coefficient (Wildman–Crippen LogP) is 3.17. The Kier molecular flexibility index (Phi) is 4.80. The van der Waals surface area contributed by atoms with Crippen LogP contribution in [0.1, 0.15) is 16.7 Å². The Morgan fingerprint density at radius 3 is 2.75 bits per heavy atom. The van der Waals surface area contributed by atoms with E-state index in [2.05, 4.69) is 11.4 Å². The number of rotatable bonds is 5. The molecule has 2 rings (SSSR count). The molecule has 0 aromatic heterocycles. The minimum Gasteiger partial charge on any atom is -0.312 e. The van der Waals surface area contributed by atoms with E-state index in [1.54, 1.807) is 6.07 Å². The summed E-state index contributed by atoms with van der Waals surface area (Å²) < 4.78 is 26.4. The maximum atomic E-state index is 13.4. The van der Waals surface area contributed by atoms with E-state index in [1.165, 1.54) is 6.07 Å².